The third-order valence-corrected chi connectivity index (χ3v) is 3.85. The van der Waals surface area contributed by atoms with Crippen LogP contribution in [0.5, 0.6) is 0 Å². The lowest BCUT2D eigenvalue weighted by atomic mass is 10.0. The van der Waals surface area contributed by atoms with Crippen molar-refractivity contribution in [1.82, 2.24) is 0 Å². The highest BCUT2D eigenvalue weighted by atomic mass is 16.6. The number of nitrogens with zero attached hydrogens (tertiary/aromatic N) is 2. The van der Waals surface area contributed by atoms with Gasteiger partial charge < -0.3 is 0 Å². The van der Waals surface area contributed by atoms with Gasteiger partial charge in [-0.1, -0.05) is 36.4 Å². The molecule has 5 heteroatoms. The molecule has 1 aliphatic carbocycles. The molecule has 0 spiro atoms. The normalized spacial score (nSPS) is 15.9. The molecule has 3 rings (SSSR count). The van der Waals surface area contributed by atoms with Crippen LogP contribution in [0.2, 0.25) is 0 Å². The van der Waals surface area contributed by atoms with Gasteiger partial charge in [-0.3, -0.25) is 15.5 Å². The standard InChI is InChI=1S/C17H17N3O2/c21-20(22)17-12-6-5-11-16(17)19-18-15-10-4-2-8-13-7-1-3-9-14(13)15/h1,3,5-7,9,11-12,19H,2,4,8,10H2/b18-15-. The predicted octanol–water partition coefficient (Wildman–Crippen LogP) is 4.14. The average Bonchev–Trinajstić information content (AvgIpc) is 2.75. The van der Waals surface area contributed by atoms with Gasteiger partial charge in [0.25, 0.3) is 5.69 Å². The Morgan fingerprint density at radius 1 is 1.00 bits per heavy atom. The molecular weight excluding hydrogens is 278 g/mol. The van der Waals surface area contributed by atoms with E-state index in [2.05, 4.69) is 22.7 Å². The van der Waals surface area contributed by atoms with E-state index in [1.54, 1.807) is 18.2 Å². The summed E-state index contributed by atoms with van der Waals surface area (Å²) < 4.78 is 0. The number of benzene rings is 2. The molecule has 2 aromatic carbocycles. The molecule has 1 aliphatic rings. The molecule has 0 saturated carbocycles. The van der Waals surface area contributed by atoms with Crippen LogP contribution in [0.25, 0.3) is 0 Å². The SMILES string of the molecule is O=[N+]([O-])c1ccccc1N/N=C1/CCCCc2ccccc21. The zero-order chi connectivity index (χ0) is 15.4. The van der Waals surface area contributed by atoms with Gasteiger partial charge in [-0.05, 0) is 37.3 Å². The van der Waals surface area contributed by atoms with E-state index in [0.29, 0.717) is 5.69 Å². The Hall–Kier alpha value is -2.69. The number of fused-ring (bicyclic) bond motifs is 1. The highest BCUT2D eigenvalue weighted by molar-refractivity contribution is 6.02. The fourth-order valence-corrected chi connectivity index (χ4v) is 2.73. The maximum atomic E-state index is 11.0. The van der Waals surface area contributed by atoms with Crippen LogP contribution < -0.4 is 5.43 Å². The lowest BCUT2D eigenvalue weighted by molar-refractivity contribution is -0.384. The Labute approximate surface area is 128 Å². The van der Waals surface area contributed by atoms with E-state index >= 15 is 0 Å². The summed E-state index contributed by atoms with van der Waals surface area (Å²) in [4.78, 5) is 10.6. The van der Waals surface area contributed by atoms with Crippen LogP contribution >= 0.6 is 0 Å². The Kier molecular flexibility index (Phi) is 4.14. The smallest absolute Gasteiger partial charge is 0.271 e. The molecule has 1 N–H and O–H groups in total. The quantitative estimate of drug-likeness (QED) is 0.525. The van der Waals surface area contributed by atoms with Gasteiger partial charge in [-0.15, -0.1) is 0 Å². The van der Waals surface area contributed by atoms with Gasteiger partial charge in [0.05, 0.1) is 10.6 Å². The van der Waals surface area contributed by atoms with Crippen molar-refractivity contribution in [3.05, 3.63) is 69.8 Å². The number of hydrogen-bond acceptors (Lipinski definition) is 4. The van der Waals surface area contributed by atoms with E-state index in [4.69, 9.17) is 0 Å². The first-order chi connectivity index (χ1) is 10.8. The molecule has 0 amide bonds. The number of hydrogen-bond donors (Lipinski definition) is 1. The maximum Gasteiger partial charge on any atom is 0.294 e. The Morgan fingerprint density at radius 2 is 1.73 bits per heavy atom. The molecule has 0 heterocycles. The summed E-state index contributed by atoms with van der Waals surface area (Å²) in [6, 6.07) is 14.8. The van der Waals surface area contributed by atoms with E-state index in [-0.39, 0.29) is 5.69 Å². The fourth-order valence-electron chi connectivity index (χ4n) is 2.73. The van der Waals surface area contributed by atoms with Crippen molar-refractivity contribution in [3.63, 3.8) is 0 Å². The third-order valence-electron chi connectivity index (χ3n) is 3.85. The van der Waals surface area contributed by atoms with E-state index < -0.39 is 4.92 Å². The number of aryl methyl sites for hydroxylation is 1. The third kappa shape index (κ3) is 2.98. The molecule has 0 bridgehead atoms. The molecule has 0 saturated heterocycles. The van der Waals surface area contributed by atoms with Gasteiger partial charge in [0.15, 0.2) is 0 Å². The maximum absolute atomic E-state index is 11.0. The van der Waals surface area contributed by atoms with Gasteiger partial charge in [0.2, 0.25) is 0 Å². The molecule has 0 fully saturated rings. The van der Waals surface area contributed by atoms with E-state index in [1.165, 1.54) is 11.6 Å². The van der Waals surface area contributed by atoms with E-state index in [1.807, 2.05) is 12.1 Å². The minimum Gasteiger partial charge on any atom is -0.271 e. The highest BCUT2D eigenvalue weighted by Crippen LogP contribution is 2.25. The number of nitro groups is 1. The van der Waals surface area contributed by atoms with Crippen molar-refractivity contribution in [3.8, 4) is 0 Å². The number of hydrazone groups is 1. The highest BCUT2D eigenvalue weighted by Gasteiger charge is 2.15. The second kappa shape index (κ2) is 6.39. The van der Waals surface area contributed by atoms with Gasteiger partial charge in [-0.25, -0.2) is 0 Å². The molecule has 22 heavy (non-hydrogen) atoms. The van der Waals surface area contributed by atoms with Gasteiger partial charge in [0.1, 0.15) is 5.69 Å². The van der Waals surface area contributed by atoms with Crippen molar-refractivity contribution in [2.24, 2.45) is 5.10 Å². The monoisotopic (exact) mass is 295 g/mol. The van der Waals surface area contributed by atoms with Crippen molar-refractivity contribution in [1.29, 1.82) is 0 Å². The Balaban J connectivity index is 1.92. The number of para-hydroxylation sites is 2. The summed E-state index contributed by atoms with van der Waals surface area (Å²) in [6.07, 6.45) is 4.15. The first-order valence-corrected chi connectivity index (χ1v) is 7.40. The summed E-state index contributed by atoms with van der Waals surface area (Å²) in [5.41, 5.74) is 6.74. The molecule has 5 nitrogen and oxygen atoms in total. The summed E-state index contributed by atoms with van der Waals surface area (Å²) in [5, 5.41) is 15.5. The molecule has 0 aromatic heterocycles. The molecule has 0 radical (unpaired) electrons. The molecule has 0 aliphatic heterocycles. The van der Waals surface area contributed by atoms with E-state index in [0.717, 1.165) is 37.0 Å². The summed E-state index contributed by atoms with van der Waals surface area (Å²) >= 11 is 0. The number of nitro benzene ring substituents is 1. The van der Waals surface area contributed by atoms with Crippen LogP contribution in [0.15, 0.2) is 53.6 Å². The van der Waals surface area contributed by atoms with Gasteiger partial charge in [0, 0.05) is 11.6 Å². The van der Waals surface area contributed by atoms with Crippen LogP contribution in [0.4, 0.5) is 11.4 Å². The Morgan fingerprint density at radius 3 is 2.59 bits per heavy atom. The van der Waals surface area contributed by atoms with Crippen molar-refractivity contribution in [2.75, 3.05) is 5.43 Å². The average molecular weight is 295 g/mol. The summed E-state index contributed by atoms with van der Waals surface area (Å²) in [7, 11) is 0. The van der Waals surface area contributed by atoms with Crippen LogP contribution in [0.3, 0.4) is 0 Å². The molecule has 2 aromatic rings. The first kappa shape index (κ1) is 14.3. The topological polar surface area (TPSA) is 67.5 Å². The van der Waals surface area contributed by atoms with E-state index in [9.17, 15) is 10.1 Å². The fraction of sp³-hybridized carbons (Fsp3) is 0.235. The van der Waals surface area contributed by atoms with Crippen LogP contribution in [-0.4, -0.2) is 10.6 Å². The van der Waals surface area contributed by atoms with Gasteiger partial charge in [-0.2, -0.15) is 5.10 Å². The van der Waals surface area contributed by atoms with Crippen molar-refractivity contribution >= 4 is 17.1 Å². The van der Waals surface area contributed by atoms with Crippen molar-refractivity contribution in [2.45, 2.75) is 25.7 Å². The Bertz CT molecular complexity index is 725. The number of nitrogens with one attached hydrogen (secondary N) is 1. The minimum atomic E-state index is -0.399. The number of rotatable bonds is 3. The summed E-state index contributed by atoms with van der Waals surface area (Å²) in [6.45, 7) is 0. The van der Waals surface area contributed by atoms with Gasteiger partial charge >= 0.3 is 0 Å². The van der Waals surface area contributed by atoms with Crippen LogP contribution in [0, 0.1) is 10.1 Å². The van der Waals surface area contributed by atoms with Crippen molar-refractivity contribution < 1.29 is 4.92 Å². The molecular formula is C17H17N3O2. The lowest BCUT2D eigenvalue weighted by Gasteiger charge is -2.08. The lowest BCUT2D eigenvalue weighted by Crippen LogP contribution is -2.06. The predicted molar refractivity (Wildman–Crippen MR) is 87.3 cm³/mol. The molecule has 0 atom stereocenters. The number of anilines is 1. The second-order valence-electron chi connectivity index (χ2n) is 5.31. The second-order valence-corrected chi connectivity index (χ2v) is 5.31. The van der Waals surface area contributed by atoms with Crippen LogP contribution in [-0.2, 0) is 6.42 Å². The largest absolute Gasteiger partial charge is 0.294 e. The summed E-state index contributed by atoms with van der Waals surface area (Å²) in [5.74, 6) is 0. The molecule has 0 unspecified atom stereocenters. The first-order valence-electron chi connectivity index (χ1n) is 7.40. The molecule has 112 valence electrons. The minimum absolute atomic E-state index is 0.0359. The zero-order valence-electron chi connectivity index (χ0n) is 12.2. The van der Waals surface area contributed by atoms with Crippen LogP contribution in [0.1, 0.15) is 30.4 Å². The zero-order valence-corrected chi connectivity index (χ0v) is 12.2.